The fourth-order valence-corrected chi connectivity index (χ4v) is 1.52. The van der Waals surface area contributed by atoms with Gasteiger partial charge in [0, 0.05) is 0 Å². The maximum Gasteiger partial charge on any atom is 0.337 e. The number of aromatic amines is 1. The van der Waals surface area contributed by atoms with Crippen LogP contribution in [-0.2, 0) is 0 Å². The molecule has 5 heteroatoms. The first-order valence-electron chi connectivity index (χ1n) is 3.60. The van der Waals surface area contributed by atoms with Crippen LogP contribution in [0.2, 0.25) is 0 Å². The molecule has 13 heavy (non-hydrogen) atoms. The zero-order valence-electron chi connectivity index (χ0n) is 6.45. The molecule has 0 unspecified atom stereocenters. The molecule has 0 saturated heterocycles. The maximum absolute atomic E-state index is 11.5. The Hall–Kier alpha value is -1.11. The third-order valence-corrected chi connectivity index (χ3v) is 2.63. The van der Waals surface area contributed by atoms with E-state index in [2.05, 4.69) is 4.98 Å². The number of para-hydroxylation sites is 1. The van der Waals surface area contributed by atoms with Crippen molar-refractivity contribution in [3.63, 3.8) is 0 Å². The number of benzene rings is 1. The van der Waals surface area contributed by atoms with Crippen molar-refractivity contribution in [3.8, 4) is 0 Å². The number of halogens is 1. The van der Waals surface area contributed by atoms with Crippen LogP contribution >= 0.6 is 22.9 Å². The van der Waals surface area contributed by atoms with E-state index in [1.54, 1.807) is 47.1 Å². The third kappa shape index (κ3) is 1.28. The van der Waals surface area contributed by atoms with Crippen molar-refractivity contribution in [2.45, 2.75) is 0 Å². The summed E-state index contributed by atoms with van der Waals surface area (Å²) in [6.45, 7) is 0. The monoisotopic (exact) mass is 288 g/mol. The maximum atomic E-state index is 11.5. The average Bonchev–Trinajstić information content (AvgIpc) is 2.15. The van der Waals surface area contributed by atoms with E-state index in [9.17, 15) is 9.59 Å². The van der Waals surface area contributed by atoms with Crippen molar-refractivity contribution in [3.05, 3.63) is 45.1 Å². The highest BCUT2D eigenvalue weighted by molar-refractivity contribution is 14.1. The summed E-state index contributed by atoms with van der Waals surface area (Å²) < 4.78 is 1.03. The van der Waals surface area contributed by atoms with Crippen molar-refractivity contribution in [2.24, 2.45) is 0 Å². The summed E-state index contributed by atoms with van der Waals surface area (Å²) in [5, 5.41) is 0.525. The molecule has 0 fully saturated rings. The van der Waals surface area contributed by atoms with Crippen LogP contribution in [-0.4, -0.2) is 7.76 Å². The highest BCUT2D eigenvalue weighted by Gasteiger charge is 2.02. The van der Waals surface area contributed by atoms with Gasteiger partial charge < -0.3 is 4.98 Å². The lowest BCUT2D eigenvalue weighted by atomic mass is 10.2. The van der Waals surface area contributed by atoms with Gasteiger partial charge in [0.05, 0.1) is 33.8 Å². The molecule has 1 N–H and O–H groups in total. The number of rotatable bonds is 0. The molecule has 1 heterocycles. The Balaban J connectivity index is 3.12. The lowest BCUT2D eigenvalue weighted by Crippen LogP contribution is -2.28. The van der Waals surface area contributed by atoms with Gasteiger partial charge in [-0.15, -0.1) is 0 Å². The van der Waals surface area contributed by atoms with E-state index in [0.29, 0.717) is 10.9 Å². The molecule has 0 aliphatic heterocycles. The van der Waals surface area contributed by atoms with Crippen molar-refractivity contribution < 1.29 is 0 Å². The van der Waals surface area contributed by atoms with Gasteiger partial charge in [-0.05, 0) is 12.1 Å². The van der Waals surface area contributed by atoms with Crippen LogP contribution in [0.15, 0.2) is 33.9 Å². The molecule has 0 spiro atoms. The Kier molecular flexibility index (Phi) is 1.95. The van der Waals surface area contributed by atoms with Gasteiger partial charge in [0.1, 0.15) is 0 Å². The van der Waals surface area contributed by atoms with Gasteiger partial charge in [-0.3, -0.25) is 4.79 Å². The molecular formula is C8H5IN2O2. The van der Waals surface area contributed by atoms with E-state index in [1.165, 1.54) is 0 Å². The summed E-state index contributed by atoms with van der Waals surface area (Å²) in [4.78, 5) is 25.2. The minimum absolute atomic E-state index is 0.278. The summed E-state index contributed by atoms with van der Waals surface area (Å²) >= 11 is 1.68. The van der Waals surface area contributed by atoms with Crippen molar-refractivity contribution in [2.75, 3.05) is 0 Å². The predicted molar refractivity (Wildman–Crippen MR) is 58.2 cm³/mol. The lowest BCUT2D eigenvalue weighted by Gasteiger charge is -1.97. The summed E-state index contributed by atoms with van der Waals surface area (Å²) in [6, 6.07) is 6.92. The second-order valence-corrected chi connectivity index (χ2v) is 3.53. The number of nitrogens with one attached hydrogen (secondary N) is 1. The van der Waals surface area contributed by atoms with E-state index >= 15 is 0 Å². The second kappa shape index (κ2) is 2.99. The standard InChI is InChI=1S/C8H5IN2O2/c9-11-7(12)5-3-1-2-4-6(5)10-8(11)13/h1-4H,(H,10,13). The smallest absolute Gasteiger partial charge is 0.306 e. The molecule has 1 aromatic carbocycles. The van der Waals surface area contributed by atoms with Gasteiger partial charge in [-0.25, -0.2) is 4.79 Å². The first-order valence-corrected chi connectivity index (χ1v) is 4.57. The SMILES string of the molecule is O=c1[nH]c2ccccc2c(=O)n1I. The number of fused-ring (bicyclic) bond motifs is 1. The number of aromatic nitrogens is 2. The molecule has 4 nitrogen and oxygen atoms in total. The molecule has 1 aromatic heterocycles. The molecule has 0 aliphatic rings. The normalized spacial score (nSPS) is 10.5. The number of H-pyrrole nitrogens is 1. The molecule has 0 atom stereocenters. The van der Waals surface area contributed by atoms with Gasteiger partial charge in [0.25, 0.3) is 5.56 Å². The van der Waals surface area contributed by atoms with Crippen LogP contribution in [0.5, 0.6) is 0 Å². The van der Waals surface area contributed by atoms with Crippen molar-refractivity contribution in [1.82, 2.24) is 7.76 Å². The molecule has 0 radical (unpaired) electrons. The van der Waals surface area contributed by atoms with Gasteiger partial charge in [-0.2, -0.15) is 2.78 Å². The van der Waals surface area contributed by atoms with E-state index < -0.39 is 5.69 Å². The van der Waals surface area contributed by atoms with Gasteiger partial charge in [0.2, 0.25) is 0 Å². The van der Waals surface area contributed by atoms with Gasteiger partial charge >= 0.3 is 5.69 Å². The Morgan fingerprint density at radius 3 is 2.69 bits per heavy atom. The van der Waals surface area contributed by atoms with Gasteiger partial charge in [-0.1, -0.05) is 12.1 Å². The molecule has 0 bridgehead atoms. The highest BCUT2D eigenvalue weighted by atomic mass is 127. The first kappa shape index (κ1) is 8.49. The Morgan fingerprint density at radius 2 is 1.92 bits per heavy atom. The second-order valence-electron chi connectivity index (χ2n) is 2.56. The van der Waals surface area contributed by atoms with Crippen LogP contribution in [0.25, 0.3) is 10.9 Å². The molecule has 0 aliphatic carbocycles. The molecule has 0 amide bonds. The van der Waals surface area contributed by atoms with E-state index in [1.807, 2.05) is 0 Å². The largest absolute Gasteiger partial charge is 0.337 e. The molecule has 66 valence electrons. The number of nitrogens with zero attached hydrogens (tertiary/aromatic N) is 1. The van der Waals surface area contributed by atoms with Crippen LogP contribution in [0.4, 0.5) is 0 Å². The topological polar surface area (TPSA) is 54.9 Å². The molecule has 2 aromatic rings. The average molecular weight is 288 g/mol. The van der Waals surface area contributed by atoms with Crippen LogP contribution in [0.1, 0.15) is 0 Å². The summed E-state index contributed by atoms with van der Waals surface area (Å²) in [5.74, 6) is 0. The lowest BCUT2D eigenvalue weighted by molar-refractivity contribution is 1.05. The van der Waals surface area contributed by atoms with Crippen LogP contribution in [0.3, 0.4) is 0 Å². The fraction of sp³-hybridized carbons (Fsp3) is 0. The molecular weight excluding hydrogens is 283 g/mol. The fourth-order valence-electron chi connectivity index (χ4n) is 1.14. The zero-order chi connectivity index (χ0) is 9.42. The zero-order valence-corrected chi connectivity index (χ0v) is 8.61. The summed E-state index contributed by atoms with van der Waals surface area (Å²) in [7, 11) is 0. The minimum Gasteiger partial charge on any atom is -0.306 e. The van der Waals surface area contributed by atoms with Gasteiger partial charge in [0.15, 0.2) is 0 Å². The quantitative estimate of drug-likeness (QED) is 0.732. The summed E-state index contributed by atoms with van der Waals surface area (Å²) in [5.41, 5.74) is -0.102. The minimum atomic E-state index is -0.399. The Bertz CT molecular complexity index is 570. The van der Waals surface area contributed by atoms with Crippen molar-refractivity contribution in [1.29, 1.82) is 0 Å². The predicted octanol–water partition coefficient (Wildman–Crippen LogP) is 0.888. The van der Waals surface area contributed by atoms with Crippen LogP contribution in [0, 0.1) is 0 Å². The van der Waals surface area contributed by atoms with Crippen LogP contribution < -0.4 is 11.2 Å². The number of hydrogen-bond acceptors (Lipinski definition) is 2. The Labute approximate surface area is 86.7 Å². The highest BCUT2D eigenvalue weighted by Crippen LogP contribution is 2.03. The molecule has 0 saturated carbocycles. The Morgan fingerprint density at radius 1 is 1.23 bits per heavy atom. The van der Waals surface area contributed by atoms with E-state index in [0.717, 1.165) is 2.78 Å². The first-order chi connectivity index (χ1) is 6.20. The third-order valence-electron chi connectivity index (χ3n) is 1.76. The number of hydrogen-bond donors (Lipinski definition) is 1. The van der Waals surface area contributed by atoms with Crippen molar-refractivity contribution >= 4 is 33.8 Å². The summed E-state index contributed by atoms with van der Waals surface area (Å²) in [6.07, 6.45) is 0. The van der Waals surface area contributed by atoms with E-state index in [-0.39, 0.29) is 5.56 Å². The molecule has 2 rings (SSSR count). The van der Waals surface area contributed by atoms with E-state index in [4.69, 9.17) is 0 Å².